The highest BCUT2D eigenvalue weighted by molar-refractivity contribution is 4.94. The zero-order chi connectivity index (χ0) is 25.8. The summed E-state index contributed by atoms with van der Waals surface area (Å²) >= 11 is 0. The van der Waals surface area contributed by atoms with Gasteiger partial charge in [-0.15, -0.1) is 0 Å². The summed E-state index contributed by atoms with van der Waals surface area (Å²) in [6.07, 6.45) is -2.60. The summed E-state index contributed by atoms with van der Waals surface area (Å²) in [7, 11) is 0. The van der Waals surface area contributed by atoms with E-state index in [2.05, 4.69) is 6.92 Å². The molecule has 0 spiro atoms. The average molecular weight is 511 g/mol. The maximum atomic E-state index is 10.8. The van der Waals surface area contributed by atoms with Crippen molar-refractivity contribution in [1.82, 2.24) is 0 Å². The van der Waals surface area contributed by atoms with E-state index in [1.807, 2.05) is 0 Å². The van der Waals surface area contributed by atoms with Crippen molar-refractivity contribution in [2.75, 3.05) is 19.8 Å². The second-order valence-corrected chi connectivity index (χ2v) is 9.55. The minimum absolute atomic E-state index is 0.287. The smallest absolute Gasteiger partial charge is 0.187 e. The molecule has 2 rings (SSSR count). The molecule has 2 aliphatic heterocycles. The summed E-state index contributed by atoms with van der Waals surface area (Å²) in [5.41, 5.74) is 0. The molecule has 35 heavy (non-hydrogen) atoms. The number of rotatable bonds is 16. The second-order valence-electron chi connectivity index (χ2n) is 9.55. The third kappa shape index (κ3) is 9.11. The van der Waals surface area contributed by atoms with Gasteiger partial charge in [0.2, 0.25) is 0 Å². The third-order valence-corrected chi connectivity index (χ3v) is 6.76. The first-order valence-electron chi connectivity index (χ1n) is 13.1. The fourth-order valence-corrected chi connectivity index (χ4v) is 4.55. The normalized spacial score (nSPS) is 38.1. The van der Waals surface area contributed by atoms with Gasteiger partial charge in [0.1, 0.15) is 48.8 Å². The van der Waals surface area contributed by atoms with Crippen molar-refractivity contribution in [2.45, 2.75) is 133 Å². The minimum atomic E-state index is -1.68. The van der Waals surface area contributed by atoms with Gasteiger partial charge in [0.05, 0.1) is 13.2 Å². The summed E-state index contributed by atoms with van der Waals surface area (Å²) in [6.45, 7) is 1.25. The highest BCUT2D eigenvalue weighted by atomic mass is 16.7. The Kier molecular flexibility index (Phi) is 14.4. The van der Waals surface area contributed by atoms with E-state index in [9.17, 15) is 35.7 Å². The van der Waals surface area contributed by atoms with Gasteiger partial charge in [0, 0.05) is 6.61 Å². The molecule has 208 valence electrons. The minimum Gasteiger partial charge on any atom is -0.394 e. The summed E-state index contributed by atoms with van der Waals surface area (Å²) in [6, 6.07) is 0. The first kappa shape index (κ1) is 30.8. The van der Waals surface area contributed by atoms with Crippen molar-refractivity contribution in [3.63, 3.8) is 0 Å². The van der Waals surface area contributed by atoms with E-state index >= 15 is 0 Å². The van der Waals surface area contributed by atoms with Gasteiger partial charge in [-0.3, -0.25) is 0 Å². The number of aliphatic hydroxyl groups excluding tert-OH is 7. The number of hydrogen-bond acceptors (Lipinski definition) is 11. The van der Waals surface area contributed by atoms with Crippen molar-refractivity contribution < 1.29 is 54.7 Å². The van der Waals surface area contributed by atoms with Crippen molar-refractivity contribution >= 4 is 0 Å². The highest BCUT2D eigenvalue weighted by Crippen LogP contribution is 2.29. The lowest BCUT2D eigenvalue weighted by atomic mass is 9.97. The Hall–Kier alpha value is -0.440. The summed E-state index contributed by atoms with van der Waals surface area (Å²) in [5.74, 6) is 0. The molecule has 0 aromatic rings. The van der Waals surface area contributed by atoms with Gasteiger partial charge in [-0.1, -0.05) is 64.7 Å². The van der Waals surface area contributed by atoms with Gasteiger partial charge in [-0.05, 0) is 6.42 Å². The predicted octanol–water partition coefficient (Wildman–Crippen LogP) is -0.452. The van der Waals surface area contributed by atoms with E-state index in [0.717, 1.165) is 25.7 Å². The van der Waals surface area contributed by atoms with E-state index in [4.69, 9.17) is 18.9 Å². The van der Waals surface area contributed by atoms with Gasteiger partial charge in [0.25, 0.3) is 0 Å². The fraction of sp³-hybridized carbons (Fsp3) is 1.00. The molecule has 0 bridgehead atoms. The highest BCUT2D eigenvalue weighted by Gasteiger charge is 2.50. The molecule has 10 atom stereocenters. The molecule has 2 saturated heterocycles. The van der Waals surface area contributed by atoms with E-state index in [1.165, 1.54) is 38.5 Å². The lowest BCUT2D eigenvalue weighted by Crippen LogP contribution is -2.64. The van der Waals surface area contributed by atoms with Crippen molar-refractivity contribution in [1.29, 1.82) is 0 Å². The lowest BCUT2D eigenvalue weighted by molar-refractivity contribution is -0.358. The van der Waals surface area contributed by atoms with Crippen LogP contribution in [-0.2, 0) is 18.9 Å². The van der Waals surface area contributed by atoms with Gasteiger partial charge in [-0.2, -0.15) is 0 Å². The van der Waals surface area contributed by atoms with Crippen LogP contribution in [-0.4, -0.2) is 117 Å². The molecule has 2 heterocycles. The van der Waals surface area contributed by atoms with Crippen LogP contribution in [0.5, 0.6) is 0 Å². The van der Waals surface area contributed by atoms with Gasteiger partial charge < -0.3 is 54.7 Å². The topological polar surface area (TPSA) is 179 Å². The number of aliphatic hydroxyl groups is 7. The third-order valence-electron chi connectivity index (χ3n) is 6.76. The van der Waals surface area contributed by atoms with Crippen LogP contribution >= 0.6 is 0 Å². The van der Waals surface area contributed by atoms with E-state index < -0.39 is 74.6 Å². The first-order chi connectivity index (χ1) is 16.8. The summed E-state index contributed by atoms with van der Waals surface area (Å²) in [4.78, 5) is 0. The van der Waals surface area contributed by atoms with Crippen LogP contribution in [0.25, 0.3) is 0 Å². The van der Waals surface area contributed by atoms with Crippen LogP contribution in [0.3, 0.4) is 0 Å². The molecular formula is C24H46O11. The van der Waals surface area contributed by atoms with E-state index in [-0.39, 0.29) is 6.61 Å². The molecule has 11 nitrogen and oxygen atoms in total. The fourth-order valence-electron chi connectivity index (χ4n) is 4.55. The van der Waals surface area contributed by atoms with Crippen molar-refractivity contribution in [3.05, 3.63) is 0 Å². The van der Waals surface area contributed by atoms with Crippen molar-refractivity contribution in [3.8, 4) is 0 Å². The Balaban J connectivity index is 1.79. The summed E-state index contributed by atoms with van der Waals surface area (Å²) in [5, 5.41) is 70.2. The molecular weight excluding hydrogens is 464 g/mol. The Labute approximate surface area is 207 Å². The van der Waals surface area contributed by atoms with Crippen LogP contribution in [0.1, 0.15) is 71.1 Å². The second kappa shape index (κ2) is 16.4. The molecule has 2 aliphatic rings. The van der Waals surface area contributed by atoms with E-state index in [0.29, 0.717) is 0 Å². The Morgan fingerprint density at radius 1 is 0.600 bits per heavy atom. The van der Waals surface area contributed by atoms with Gasteiger partial charge in [-0.25, -0.2) is 0 Å². The SMILES string of the molecule is CCCCCCCCCCCCO[C@@H]1[C@@H](O)[C@H](O[C@H]2O[C@H](CO)[C@@H](O)[C@H](O)[C@H]2O)[C@@H](CO)O[C@H]1O. The Bertz CT molecular complexity index is 552. The average Bonchev–Trinajstić information content (AvgIpc) is 2.85. The van der Waals surface area contributed by atoms with Crippen LogP contribution in [0.15, 0.2) is 0 Å². The Morgan fingerprint density at radius 2 is 1.17 bits per heavy atom. The predicted molar refractivity (Wildman–Crippen MR) is 124 cm³/mol. The molecule has 0 aromatic carbocycles. The standard InChI is InChI=1S/C24H46O11/c1-2-3-4-5-6-7-8-9-10-11-12-32-22-20(30)21(16(14-26)33-23(22)31)35-24-19(29)18(28)17(27)15(13-25)34-24/h15-31H,2-14H2,1H3/t15-,16-,17-,18+,19-,20+,21-,22-,23-,24-/m1/s1. The monoisotopic (exact) mass is 510 g/mol. The van der Waals surface area contributed by atoms with Gasteiger partial charge in [0.15, 0.2) is 12.6 Å². The van der Waals surface area contributed by atoms with Crippen LogP contribution in [0.2, 0.25) is 0 Å². The zero-order valence-corrected chi connectivity index (χ0v) is 20.7. The zero-order valence-electron chi connectivity index (χ0n) is 20.7. The van der Waals surface area contributed by atoms with Gasteiger partial charge >= 0.3 is 0 Å². The van der Waals surface area contributed by atoms with Crippen LogP contribution in [0, 0.1) is 0 Å². The molecule has 7 N–H and O–H groups in total. The lowest BCUT2D eigenvalue weighted by Gasteiger charge is -2.46. The maximum Gasteiger partial charge on any atom is 0.187 e. The molecule has 0 amide bonds. The quantitative estimate of drug-likeness (QED) is 0.134. The van der Waals surface area contributed by atoms with Crippen LogP contribution in [0.4, 0.5) is 0 Å². The van der Waals surface area contributed by atoms with E-state index in [1.54, 1.807) is 0 Å². The molecule has 0 unspecified atom stereocenters. The Morgan fingerprint density at radius 3 is 1.74 bits per heavy atom. The molecule has 0 saturated carbocycles. The molecule has 2 fully saturated rings. The van der Waals surface area contributed by atoms with Crippen molar-refractivity contribution in [2.24, 2.45) is 0 Å². The molecule has 0 aromatic heterocycles. The maximum absolute atomic E-state index is 10.8. The number of ether oxygens (including phenoxy) is 4. The molecule has 0 radical (unpaired) electrons. The molecule has 11 heteroatoms. The van der Waals surface area contributed by atoms with Crippen LogP contribution < -0.4 is 0 Å². The number of unbranched alkanes of at least 4 members (excludes halogenated alkanes) is 9. The summed E-state index contributed by atoms with van der Waals surface area (Å²) < 4.78 is 22.0. The number of hydrogen-bond donors (Lipinski definition) is 7. The molecule has 0 aliphatic carbocycles. The largest absolute Gasteiger partial charge is 0.394 e. The first-order valence-corrected chi connectivity index (χ1v) is 13.1.